The van der Waals surface area contributed by atoms with Gasteiger partial charge in [-0.25, -0.2) is 0 Å². The van der Waals surface area contributed by atoms with Crippen molar-refractivity contribution in [3.05, 3.63) is 32.3 Å². The third-order valence-electron chi connectivity index (χ3n) is 3.83. The van der Waals surface area contributed by atoms with Crippen molar-refractivity contribution in [3.8, 4) is 0 Å². The zero-order valence-electron chi connectivity index (χ0n) is 10.1. The van der Waals surface area contributed by atoms with Crippen molar-refractivity contribution < 1.29 is 9.47 Å². The van der Waals surface area contributed by atoms with Gasteiger partial charge in [0.15, 0.2) is 5.79 Å². The quantitative estimate of drug-likeness (QED) is 0.721. The van der Waals surface area contributed by atoms with Gasteiger partial charge in [-0.1, -0.05) is 0 Å². The Morgan fingerprint density at radius 1 is 1.22 bits per heavy atom. The number of aromatic nitrogens is 1. The highest BCUT2D eigenvalue weighted by molar-refractivity contribution is 14.1. The smallest absolute Gasteiger partial charge is 0.250 e. The molecular formula is C13H16INO3. The van der Waals surface area contributed by atoms with Gasteiger partial charge in [-0.2, -0.15) is 0 Å². The van der Waals surface area contributed by atoms with Gasteiger partial charge in [0.25, 0.3) is 5.56 Å². The molecule has 2 aliphatic rings. The number of pyridine rings is 1. The Hall–Kier alpha value is -0.400. The maximum Gasteiger partial charge on any atom is 0.250 e. The number of hydrogen-bond acceptors (Lipinski definition) is 3. The van der Waals surface area contributed by atoms with Gasteiger partial charge in [0, 0.05) is 34.7 Å². The molecule has 1 aliphatic heterocycles. The van der Waals surface area contributed by atoms with Gasteiger partial charge in [-0.05, 0) is 41.5 Å². The predicted octanol–water partition coefficient (Wildman–Crippen LogP) is 2.31. The van der Waals surface area contributed by atoms with E-state index in [0.29, 0.717) is 13.2 Å². The Morgan fingerprint density at radius 2 is 1.89 bits per heavy atom. The van der Waals surface area contributed by atoms with Crippen LogP contribution in [0.2, 0.25) is 0 Å². The molecule has 0 atom stereocenters. The Balaban J connectivity index is 1.76. The summed E-state index contributed by atoms with van der Waals surface area (Å²) in [6.07, 6.45) is 5.60. The van der Waals surface area contributed by atoms with Gasteiger partial charge >= 0.3 is 0 Å². The highest BCUT2D eigenvalue weighted by atomic mass is 127. The fraction of sp³-hybridized carbons (Fsp3) is 0.615. The van der Waals surface area contributed by atoms with Crippen molar-refractivity contribution in [3.63, 3.8) is 0 Å². The molecule has 1 aromatic rings. The van der Waals surface area contributed by atoms with E-state index in [9.17, 15) is 4.79 Å². The van der Waals surface area contributed by atoms with Crippen LogP contribution in [0.3, 0.4) is 0 Å². The summed E-state index contributed by atoms with van der Waals surface area (Å²) >= 11 is 2.24. The third-order valence-corrected chi connectivity index (χ3v) is 4.46. The highest BCUT2D eigenvalue weighted by Crippen LogP contribution is 2.39. The van der Waals surface area contributed by atoms with E-state index >= 15 is 0 Å². The van der Waals surface area contributed by atoms with E-state index in [2.05, 4.69) is 22.6 Å². The molecule has 1 spiro atoms. The molecule has 0 unspecified atom stereocenters. The molecule has 98 valence electrons. The van der Waals surface area contributed by atoms with Crippen LogP contribution in [0.15, 0.2) is 23.1 Å². The van der Waals surface area contributed by atoms with Crippen molar-refractivity contribution in [2.75, 3.05) is 13.2 Å². The summed E-state index contributed by atoms with van der Waals surface area (Å²) in [5.41, 5.74) is 0.0876. The van der Waals surface area contributed by atoms with E-state index in [4.69, 9.17) is 9.47 Å². The molecule has 5 heteroatoms. The average molecular weight is 361 g/mol. The summed E-state index contributed by atoms with van der Waals surface area (Å²) in [4.78, 5) is 11.9. The van der Waals surface area contributed by atoms with Crippen LogP contribution in [0.1, 0.15) is 31.7 Å². The maximum atomic E-state index is 11.9. The van der Waals surface area contributed by atoms with Crippen molar-refractivity contribution in [2.24, 2.45) is 0 Å². The second kappa shape index (κ2) is 4.94. The number of hydrogen-bond donors (Lipinski definition) is 0. The molecule has 1 aliphatic carbocycles. The van der Waals surface area contributed by atoms with Gasteiger partial charge in [0.2, 0.25) is 0 Å². The lowest BCUT2D eigenvalue weighted by Gasteiger charge is -2.36. The predicted molar refractivity (Wildman–Crippen MR) is 75.6 cm³/mol. The van der Waals surface area contributed by atoms with Crippen LogP contribution in [0, 0.1) is 3.57 Å². The van der Waals surface area contributed by atoms with E-state index < -0.39 is 0 Å². The van der Waals surface area contributed by atoms with Crippen LogP contribution in [0.5, 0.6) is 0 Å². The minimum atomic E-state index is -0.345. The zero-order valence-corrected chi connectivity index (χ0v) is 12.3. The minimum Gasteiger partial charge on any atom is -0.348 e. The maximum absolute atomic E-state index is 11.9. The molecule has 0 N–H and O–H groups in total. The number of nitrogens with zero attached hydrogens (tertiary/aromatic N) is 1. The SMILES string of the molecule is O=c1ccc(I)cn1C1CCC2(CC1)OCCO2. The Bertz CT molecular complexity index is 483. The van der Waals surface area contributed by atoms with E-state index in [-0.39, 0.29) is 17.4 Å². The van der Waals surface area contributed by atoms with E-state index in [1.54, 1.807) is 6.07 Å². The van der Waals surface area contributed by atoms with Gasteiger partial charge in [-0.3, -0.25) is 4.79 Å². The second-order valence-electron chi connectivity index (χ2n) is 4.93. The molecule has 4 nitrogen and oxygen atoms in total. The van der Waals surface area contributed by atoms with Gasteiger partial charge in [0.1, 0.15) is 0 Å². The standard InChI is InChI=1S/C13H16INO3/c14-10-1-2-12(16)15(9-10)11-3-5-13(6-4-11)17-7-8-18-13/h1-2,9,11H,3-8H2. The molecule has 0 bridgehead atoms. The van der Waals surface area contributed by atoms with Crippen molar-refractivity contribution in [1.82, 2.24) is 4.57 Å². The summed E-state index contributed by atoms with van der Waals surface area (Å²) in [5.74, 6) is -0.345. The molecule has 0 radical (unpaired) electrons. The van der Waals surface area contributed by atoms with Crippen LogP contribution in [0.25, 0.3) is 0 Å². The van der Waals surface area contributed by atoms with Gasteiger partial charge in [-0.15, -0.1) is 0 Å². The van der Waals surface area contributed by atoms with Crippen LogP contribution >= 0.6 is 22.6 Å². The molecule has 1 saturated carbocycles. The van der Waals surface area contributed by atoms with E-state index in [0.717, 1.165) is 29.3 Å². The summed E-state index contributed by atoms with van der Waals surface area (Å²) in [7, 11) is 0. The minimum absolute atomic E-state index is 0.0876. The summed E-state index contributed by atoms with van der Waals surface area (Å²) in [5, 5.41) is 0. The van der Waals surface area contributed by atoms with Gasteiger partial charge < -0.3 is 14.0 Å². The lowest BCUT2D eigenvalue weighted by atomic mass is 9.90. The molecule has 0 aromatic carbocycles. The first-order valence-corrected chi connectivity index (χ1v) is 7.42. The molecule has 0 amide bonds. The summed E-state index contributed by atoms with van der Waals surface area (Å²) < 4.78 is 14.4. The number of ether oxygens (including phenoxy) is 2. The van der Waals surface area contributed by atoms with E-state index in [1.807, 2.05) is 16.8 Å². The van der Waals surface area contributed by atoms with Crippen LogP contribution in [0.4, 0.5) is 0 Å². The number of rotatable bonds is 1. The van der Waals surface area contributed by atoms with Crippen molar-refractivity contribution >= 4 is 22.6 Å². The summed E-state index contributed by atoms with van der Waals surface area (Å²) in [6.45, 7) is 1.40. The van der Waals surface area contributed by atoms with Gasteiger partial charge in [0.05, 0.1) is 13.2 Å². The fourth-order valence-corrected chi connectivity index (χ4v) is 3.35. The molecule has 1 aromatic heterocycles. The molecule has 1 saturated heterocycles. The molecule has 2 fully saturated rings. The summed E-state index contributed by atoms with van der Waals surface area (Å²) in [6, 6.07) is 3.78. The van der Waals surface area contributed by atoms with Crippen molar-refractivity contribution in [1.29, 1.82) is 0 Å². The first-order chi connectivity index (χ1) is 8.69. The molecular weight excluding hydrogens is 345 g/mol. The lowest BCUT2D eigenvalue weighted by Crippen LogP contribution is -2.37. The van der Waals surface area contributed by atoms with Crippen LogP contribution < -0.4 is 5.56 Å². The molecule has 2 heterocycles. The fourth-order valence-electron chi connectivity index (χ4n) is 2.87. The van der Waals surface area contributed by atoms with E-state index in [1.165, 1.54) is 0 Å². The third kappa shape index (κ3) is 2.35. The topological polar surface area (TPSA) is 40.5 Å². The van der Waals surface area contributed by atoms with Crippen molar-refractivity contribution in [2.45, 2.75) is 37.5 Å². The Labute approximate surface area is 119 Å². The average Bonchev–Trinajstić information content (AvgIpc) is 2.82. The monoisotopic (exact) mass is 361 g/mol. The normalized spacial score (nSPS) is 23.6. The van der Waals surface area contributed by atoms with Crippen LogP contribution in [-0.4, -0.2) is 23.6 Å². The first-order valence-electron chi connectivity index (χ1n) is 6.34. The van der Waals surface area contributed by atoms with Crippen LogP contribution in [-0.2, 0) is 9.47 Å². The highest BCUT2D eigenvalue weighted by Gasteiger charge is 2.40. The zero-order chi connectivity index (χ0) is 12.6. The number of halogens is 1. The lowest BCUT2D eigenvalue weighted by molar-refractivity contribution is -0.181. The Morgan fingerprint density at radius 3 is 2.56 bits per heavy atom. The molecule has 18 heavy (non-hydrogen) atoms. The second-order valence-corrected chi connectivity index (χ2v) is 6.18. The largest absolute Gasteiger partial charge is 0.348 e. The molecule has 3 rings (SSSR count). The Kier molecular flexibility index (Phi) is 3.46. The first kappa shape index (κ1) is 12.6.